The van der Waals surface area contributed by atoms with Crippen LogP contribution in [0.3, 0.4) is 0 Å². The van der Waals surface area contributed by atoms with E-state index < -0.39 is 45.6 Å². The molecule has 0 saturated heterocycles. The molecule has 12 heteroatoms. The summed E-state index contributed by atoms with van der Waals surface area (Å²) < 4.78 is 79.6. The largest absolute Gasteiger partial charge is 0.321 e. The molecule has 0 spiro atoms. The van der Waals surface area contributed by atoms with Crippen molar-refractivity contribution in [1.29, 1.82) is 0 Å². The zero-order chi connectivity index (χ0) is 23.2. The molecule has 1 unspecified atom stereocenters. The van der Waals surface area contributed by atoms with Crippen molar-refractivity contribution in [2.75, 3.05) is 11.6 Å². The van der Waals surface area contributed by atoms with Gasteiger partial charge in [-0.05, 0) is 31.4 Å². The molecule has 1 saturated carbocycles. The van der Waals surface area contributed by atoms with E-state index >= 15 is 0 Å². The lowest BCUT2D eigenvalue weighted by Gasteiger charge is -2.14. The highest BCUT2D eigenvalue weighted by molar-refractivity contribution is 7.90. The number of hydrogen-bond donors (Lipinski definition) is 1. The van der Waals surface area contributed by atoms with Gasteiger partial charge in [-0.15, -0.1) is 0 Å². The van der Waals surface area contributed by atoms with E-state index in [0.717, 1.165) is 17.0 Å². The maximum Gasteiger partial charge on any atom is 0.289 e. The van der Waals surface area contributed by atoms with Gasteiger partial charge in [-0.2, -0.15) is 13.9 Å². The zero-order valence-electron chi connectivity index (χ0n) is 17.1. The summed E-state index contributed by atoms with van der Waals surface area (Å²) in [4.78, 5) is 16.6. The number of carbonyl (C=O) groups is 1. The van der Waals surface area contributed by atoms with E-state index in [1.165, 1.54) is 19.2 Å². The third-order valence-electron chi connectivity index (χ3n) is 5.13. The van der Waals surface area contributed by atoms with Gasteiger partial charge in [0.15, 0.2) is 14.9 Å². The van der Waals surface area contributed by atoms with Crippen molar-refractivity contribution < 1.29 is 30.8 Å². The monoisotopic (exact) mass is 462 g/mol. The normalized spacial score (nSPS) is 18.9. The van der Waals surface area contributed by atoms with E-state index in [1.54, 1.807) is 0 Å². The quantitative estimate of drug-likeness (QED) is 0.660. The van der Waals surface area contributed by atoms with Crippen LogP contribution < -0.4 is 5.32 Å². The van der Waals surface area contributed by atoms with E-state index in [4.69, 9.17) is 0 Å². The Hall–Kier alpha value is -2.50. The Bertz CT molecular complexity index is 1110. The van der Waals surface area contributed by atoms with Gasteiger partial charge in [-0.25, -0.2) is 22.2 Å². The van der Waals surface area contributed by atoms with Gasteiger partial charge in [-0.3, -0.25) is 9.48 Å². The molecule has 1 aliphatic carbocycles. The number of aromatic nitrogens is 3. The summed E-state index contributed by atoms with van der Waals surface area (Å²) in [5.74, 6) is -7.50. The molecule has 31 heavy (non-hydrogen) atoms. The number of hydrogen-bond acceptors (Lipinski definition) is 5. The lowest BCUT2D eigenvalue weighted by Crippen LogP contribution is -2.22. The van der Waals surface area contributed by atoms with Gasteiger partial charge >= 0.3 is 0 Å². The molecule has 7 nitrogen and oxygen atoms in total. The van der Waals surface area contributed by atoms with Crippen molar-refractivity contribution in [3.8, 4) is 0 Å². The number of rotatable bonds is 6. The first-order chi connectivity index (χ1) is 14.2. The van der Waals surface area contributed by atoms with Crippen LogP contribution in [0, 0.1) is 12.8 Å². The number of anilines is 1. The minimum atomic E-state index is -3.63. The van der Waals surface area contributed by atoms with E-state index in [-0.39, 0.29) is 41.4 Å². The van der Waals surface area contributed by atoms with Crippen molar-refractivity contribution in [3.05, 3.63) is 35.3 Å². The van der Waals surface area contributed by atoms with Crippen LogP contribution in [0.1, 0.15) is 47.9 Å². The Balaban J connectivity index is 1.95. The molecule has 1 amide bonds. The number of carbonyl (C=O) groups excluding carboxylic acids is 1. The number of sulfone groups is 1. The Morgan fingerprint density at radius 3 is 2.61 bits per heavy atom. The van der Waals surface area contributed by atoms with Crippen molar-refractivity contribution in [3.63, 3.8) is 0 Å². The first kappa shape index (κ1) is 23.2. The van der Waals surface area contributed by atoms with Gasteiger partial charge in [0.1, 0.15) is 11.4 Å². The van der Waals surface area contributed by atoms with Gasteiger partial charge in [0.25, 0.3) is 11.8 Å². The fourth-order valence-electron chi connectivity index (χ4n) is 3.71. The zero-order valence-corrected chi connectivity index (χ0v) is 17.9. The molecule has 2 heterocycles. The fourth-order valence-corrected chi connectivity index (χ4v) is 4.30. The standard InChI is InChI=1S/C19H22F4N4O3S/c1-11-15(17(28)25-13-5-7-24-14(8-13)31(3,29)30)27(26-16(11)18(2,20)21)10-12-4-6-19(22,23)9-12/h5,7-8,12H,4,6,9-10H2,1-3H3,(H,24,25,28). The summed E-state index contributed by atoms with van der Waals surface area (Å²) in [6.07, 6.45) is 1.61. The number of amides is 1. The van der Waals surface area contributed by atoms with Crippen LogP contribution in [0.4, 0.5) is 23.2 Å². The summed E-state index contributed by atoms with van der Waals surface area (Å²) in [5.41, 5.74) is -0.796. The SMILES string of the molecule is Cc1c(C(C)(F)F)nn(CC2CCC(F)(F)C2)c1C(=O)Nc1ccnc(S(C)(=O)=O)c1. The highest BCUT2D eigenvalue weighted by Gasteiger charge is 2.41. The maximum atomic E-state index is 14.0. The van der Waals surface area contributed by atoms with Crippen molar-refractivity contribution >= 4 is 21.4 Å². The third-order valence-corrected chi connectivity index (χ3v) is 6.11. The maximum absolute atomic E-state index is 14.0. The lowest BCUT2D eigenvalue weighted by molar-refractivity contribution is 0.00345. The summed E-state index contributed by atoms with van der Waals surface area (Å²) in [6, 6.07) is 2.48. The van der Waals surface area contributed by atoms with Crippen molar-refractivity contribution in [1.82, 2.24) is 14.8 Å². The second-order valence-corrected chi connectivity index (χ2v) is 9.93. The molecule has 1 N–H and O–H groups in total. The number of halogens is 4. The molecule has 170 valence electrons. The fraction of sp³-hybridized carbons (Fsp3) is 0.526. The number of nitrogens with zero attached hydrogens (tertiary/aromatic N) is 3. The summed E-state index contributed by atoms with van der Waals surface area (Å²) in [7, 11) is -3.63. The van der Waals surface area contributed by atoms with Crippen LogP contribution in [-0.2, 0) is 22.3 Å². The Labute approximate surface area is 176 Å². The highest BCUT2D eigenvalue weighted by atomic mass is 32.2. The Morgan fingerprint density at radius 2 is 2.06 bits per heavy atom. The Kier molecular flexibility index (Phi) is 5.89. The van der Waals surface area contributed by atoms with Crippen LogP contribution in [0.25, 0.3) is 0 Å². The molecule has 0 aromatic carbocycles. The molecular weight excluding hydrogens is 440 g/mol. The molecule has 0 radical (unpaired) electrons. The second-order valence-electron chi connectivity index (χ2n) is 7.97. The van der Waals surface area contributed by atoms with E-state index in [9.17, 15) is 30.8 Å². The molecule has 1 atom stereocenters. The minimum Gasteiger partial charge on any atom is -0.321 e. The number of alkyl halides is 4. The average Bonchev–Trinajstić information content (AvgIpc) is 3.13. The van der Waals surface area contributed by atoms with Gasteiger partial charge in [0.05, 0.1) is 0 Å². The predicted molar refractivity (Wildman–Crippen MR) is 104 cm³/mol. The van der Waals surface area contributed by atoms with Crippen LogP contribution in [0.2, 0.25) is 0 Å². The van der Waals surface area contributed by atoms with E-state index in [0.29, 0.717) is 6.92 Å². The van der Waals surface area contributed by atoms with Crippen molar-refractivity contribution in [2.24, 2.45) is 5.92 Å². The third kappa shape index (κ3) is 5.23. The first-order valence-electron chi connectivity index (χ1n) is 9.48. The molecule has 2 aromatic rings. The minimum absolute atomic E-state index is 0.0767. The van der Waals surface area contributed by atoms with Gasteiger partial charge < -0.3 is 5.32 Å². The molecule has 0 aliphatic heterocycles. The average molecular weight is 462 g/mol. The van der Waals surface area contributed by atoms with Gasteiger partial charge in [0, 0.05) is 50.0 Å². The second kappa shape index (κ2) is 7.88. The predicted octanol–water partition coefficient (Wildman–Crippen LogP) is 3.79. The number of nitrogens with one attached hydrogen (secondary N) is 1. The van der Waals surface area contributed by atoms with Gasteiger partial charge in [0.2, 0.25) is 5.92 Å². The molecule has 2 aromatic heterocycles. The van der Waals surface area contributed by atoms with Crippen molar-refractivity contribution in [2.45, 2.75) is 56.5 Å². The van der Waals surface area contributed by atoms with E-state index in [1.807, 2.05) is 0 Å². The topological polar surface area (TPSA) is 93.9 Å². The summed E-state index contributed by atoms with van der Waals surface area (Å²) >= 11 is 0. The lowest BCUT2D eigenvalue weighted by atomic mass is 10.1. The highest BCUT2D eigenvalue weighted by Crippen LogP contribution is 2.40. The molecule has 1 fully saturated rings. The number of pyridine rings is 1. The summed E-state index contributed by atoms with van der Waals surface area (Å²) in [5, 5.41) is 6.05. The van der Waals surface area contributed by atoms with Gasteiger partial charge in [-0.1, -0.05) is 0 Å². The van der Waals surface area contributed by atoms with Crippen LogP contribution in [0.15, 0.2) is 23.4 Å². The molecule has 0 bridgehead atoms. The Morgan fingerprint density at radius 1 is 1.39 bits per heavy atom. The van der Waals surface area contributed by atoms with Crippen LogP contribution in [0.5, 0.6) is 0 Å². The molecular formula is C19H22F4N4O3S. The summed E-state index contributed by atoms with van der Waals surface area (Å²) in [6.45, 7) is 1.84. The van der Waals surface area contributed by atoms with Crippen LogP contribution in [-0.4, -0.2) is 41.3 Å². The molecule has 3 rings (SSSR count). The molecule has 1 aliphatic rings. The van der Waals surface area contributed by atoms with Crippen LogP contribution >= 0.6 is 0 Å². The van der Waals surface area contributed by atoms with E-state index in [2.05, 4.69) is 15.4 Å². The first-order valence-corrected chi connectivity index (χ1v) is 11.4. The smallest absolute Gasteiger partial charge is 0.289 e.